The summed E-state index contributed by atoms with van der Waals surface area (Å²) in [5.74, 6) is -5.21. The third-order valence-corrected chi connectivity index (χ3v) is 5.36. The molecule has 21 heavy (non-hydrogen) atoms. The standard InChI is InChI=1S/C13H14FNO5S/c14-12(10(16)17)7-4-8(13(15,9(7)12)11(18)19)20-5-6-2-1-3-21-6/h1-3,7-9H,4-5,15H2,(H,16,17)(H,18,19)/t7-,8-,9+,12-,13+/m1/s1. The molecule has 1 aromatic rings. The highest BCUT2D eigenvalue weighted by molar-refractivity contribution is 7.09. The number of fused-ring (bicyclic) bond motifs is 1. The molecule has 0 amide bonds. The van der Waals surface area contributed by atoms with Gasteiger partial charge in [0.25, 0.3) is 0 Å². The highest BCUT2D eigenvalue weighted by Crippen LogP contribution is 2.67. The average Bonchev–Trinajstić information content (AvgIpc) is 2.81. The number of thiophene rings is 1. The Labute approximate surface area is 123 Å². The summed E-state index contributed by atoms with van der Waals surface area (Å²) in [6, 6.07) is 3.66. The molecular formula is C13H14FNO5S. The van der Waals surface area contributed by atoms with E-state index in [-0.39, 0.29) is 13.0 Å². The van der Waals surface area contributed by atoms with Crippen LogP contribution in [-0.4, -0.2) is 39.5 Å². The number of ether oxygens (including phenoxy) is 1. The molecule has 8 heteroatoms. The first-order valence-electron chi connectivity index (χ1n) is 6.41. The molecule has 2 aliphatic rings. The first-order chi connectivity index (χ1) is 9.82. The number of carbonyl (C=O) groups is 2. The van der Waals surface area contributed by atoms with E-state index >= 15 is 0 Å². The van der Waals surface area contributed by atoms with Crippen molar-refractivity contribution in [2.75, 3.05) is 0 Å². The van der Waals surface area contributed by atoms with Gasteiger partial charge in [-0.05, 0) is 17.9 Å². The SMILES string of the molecule is N[C@]1(C(=O)O)[C@H]2[C@@H](C[C@H]1OCc1cccs1)[C@]2(F)C(=O)O. The highest BCUT2D eigenvalue weighted by atomic mass is 32.1. The molecule has 5 atom stereocenters. The zero-order chi connectivity index (χ0) is 15.4. The lowest BCUT2D eigenvalue weighted by molar-refractivity contribution is -0.156. The second-order valence-electron chi connectivity index (χ2n) is 5.51. The molecule has 0 spiro atoms. The van der Waals surface area contributed by atoms with Gasteiger partial charge in [-0.1, -0.05) is 6.07 Å². The van der Waals surface area contributed by atoms with Crippen LogP contribution in [0.2, 0.25) is 0 Å². The molecular weight excluding hydrogens is 301 g/mol. The Kier molecular flexibility index (Phi) is 3.09. The number of nitrogens with two attached hydrogens (primary N) is 1. The topological polar surface area (TPSA) is 110 Å². The van der Waals surface area contributed by atoms with E-state index in [9.17, 15) is 19.1 Å². The van der Waals surface area contributed by atoms with Crippen LogP contribution in [0.25, 0.3) is 0 Å². The van der Waals surface area contributed by atoms with Crippen LogP contribution in [0, 0.1) is 11.8 Å². The number of halogens is 1. The number of carboxylic acid groups (broad SMARTS) is 2. The van der Waals surface area contributed by atoms with Crippen LogP contribution in [0.5, 0.6) is 0 Å². The molecule has 6 nitrogen and oxygen atoms in total. The minimum absolute atomic E-state index is 0.00163. The lowest BCUT2D eigenvalue weighted by Gasteiger charge is -2.31. The number of aliphatic carboxylic acids is 2. The van der Waals surface area contributed by atoms with Crippen molar-refractivity contribution in [2.45, 2.75) is 30.3 Å². The summed E-state index contributed by atoms with van der Waals surface area (Å²) in [5.41, 5.74) is 1.31. The molecule has 0 radical (unpaired) electrons. The molecule has 1 aromatic heterocycles. The van der Waals surface area contributed by atoms with Crippen molar-refractivity contribution in [1.29, 1.82) is 0 Å². The van der Waals surface area contributed by atoms with Gasteiger partial charge in [-0.25, -0.2) is 9.18 Å². The molecule has 0 saturated heterocycles. The molecule has 2 fully saturated rings. The molecule has 2 saturated carbocycles. The first kappa shape index (κ1) is 14.4. The minimum Gasteiger partial charge on any atom is -0.480 e. The largest absolute Gasteiger partial charge is 0.480 e. The highest BCUT2D eigenvalue weighted by Gasteiger charge is 2.85. The summed E-state index contributed by atoms with van der Waals surface area (Å²) in [4.78, 5) is 23.4. The zero-order valence-corrected chi connectivity index (χ0v) is 11.7. The third-order valence-electron chi connectivity index (χ3n) is 4.51. The van der Waals surface area contributed by atoms with E-state index in [2.05, 4.69) is 0 Å². The maximum Gasteiger partial charge on any atom is 0.342 e. The fraction of sp³-hybridized carbons (Fsp3) is 0.538. The monoisotopic (exact) mass is 315 g/mol. The Morgan fingerprint density at radius 1 is 1.48 bits per heavy atom. The predicted octanol–water partition coefficient (Wildman–Crippen LogP) is 0.858. The van der Waals surface area contributed by atoms with Crippen LogP contribution in [-0.2, 0) is 20.9 Å². The quantitative estimate of drug-likeness (QED) is 0.743. The predicted molar refractivity (Wildman–Crippen MR) is 70.5 cm³/mol. The third kappa shape index (κ3) is 1.82. The van der Waals surface area contributed by atoms with Crippen molar-refractivity contribution < 1.29 is 28.9 Å². The summed E-state index contributed by atoms with van der Waals surface area (Å²) in [6.45, 7) is 0.181. The fourth-order valence-electron chi connectivity index (χ4n) is 3.38. The lowest BCUT2D eigenvalue weighted by atomic mass is 9.88. The van der Waals surface area contributed by atoms with Crippen LogP contribution in [0.1, 0.15) is 11.3 Å². The maximum atomic E-state index is 14.3. The average molecular weight is 315 g/mol. The number of alkyl halides is 1. The van der Waals surface area contributed by atoms with Crippen molar-refractivity contribution in [2.24, 2.45) is 17.6 Å². The molecule has 1 heterocycles. The van der Waals surface area contributed by atoms with E-state index in [1.165, 1.54) is 11.3 Å². The summed E-state index contributed by atoms with van der Waals surface area (Å²) in [6.07, 6.45) is -0.892. The van der Waals surface area contributed by atoms with E-state index < -0.39 is 41.1 Å². The Morgan fingerprint density at radius 2 is 2.19 bits per heavy atom. The van der Waals surface area contributed by atoms with E-state index in [0.29, 0.717) is 0 Å². The van der Waals surface area contributed by atoms with Crippen LogP contribution >= 0.6 is 11.3 Å². The summed E-state index contributed by atoms with van der Waals surface area (Å²) in [7, 11) is 0. The van der Waals surface area contributed by atoms with Crippen molar-refractivity contribution in [3.8, 4) is 0 Å². The molecule has 114 valence electrons. The van der Waals surface area contributed by atoms with Crippen molar-refractivity contribution in [3.63, 3.8) is 0 Å². The second kappa shape index (κ2) is 4.49. The van der Waals surface area contributed by atoms with E-state index in [1.54, 1.807) is 0 Å². The minimum atomic E-state index is -2.55. The van der Waals surface area contributed by atoms with Crippen molar-refractivity contribution in [1.82, 2.24) is 0 Å². The van der Waals surface area contributed by atoms with E-state index in [1.807, 2.05) is 17.5 Å². The molecule has 0 aromatic carbocycles. The van der Waals surface area contributed by atoms with Gasteiger partial charge in [0, 0.05) is 16.7 Å². The van der Waals surface area contributed by atoms with Gasteiger partial charge in [-0.15, -0.1) is 11.3 Å². The Bertz CT molecular complexity index is 593. The molecule has 0 aliphatic heterocycles. The molecule has 0 bridgehead atoms. The van der Waals surface area contributed by atoms with Gasteiger partial charge in [0.1, 0.15) is 5.54 Å². The second-order valence-corrected chi connectivity index (χ2v) is 6.54. The normalized spacial score (nSPS) is 40.8. The van der Waals surface area contributed by atoms with Gasteiger partial charge in [0.2, 0.25) is 5.67 Å². The number of hydrogen-bond acceptors (Lipinski definition) is 5. The summed E-state index contributed by atoms with van der Waals surface area (Å²) >= 11 is 1.45. The summed E-state index contributed by atoms with van der Waals surface area (Å²) < 4.78 is 19.8. The van der Waals surface area contributed by atoms with Gasteiger partial charge in [-0.3, -0.25) is 4.79 Å². The Balaban J connectivity index is 1.78. The number of rotatable bonds is 5. The lowest BCUT2D eigenvalue weighted by Crippen LogP contribution is -2.60. The van der Waals surface area contributed by atoms with Crippen molar-refractivity contribution >= 4 is 23.3 Å². The fourth-order valence-corrected chi connectivity index (χ4v) is 4.01. The molecule has 3 rings (SSSR count). The van der Waals surface area contributed by atoms with Gasteiger partial charge >= 0.3 is 11.9 Å². The van der Waals surface area contributed by atoms with Gasteiger partial charge in [0.15, 0.2) is 0 Å². The van der Waals surface area contributed by atoms with Crippen LogP contribution in [0.3, 0.4) is 0 Å². The van der Waals surface area contributed by atoms with Crippen LogP contribution in [0.15, 0.2) is 17.5 Å². The Hall–Kier alpha value is -1.51. The molecule has 2 aliphatic carbocycles. The maximum absolute atomic E-state index is 14.3. The van der Waals surface area contributed by atoms with E-state index in [0.717, 1.165) is 4.88 Å². The smallest absolute Gasteiger partial charge is 0.342 e. The van der Waals surface area contributed by atoms with Crippen molar-refractivity contribution in [3.05, 3.63) is 22.4 Å². The summed E-state index contributed by atoms with van der Waals surface area (Å²) in [5, 5.41) is 20.1. The van der Waals surface area contributed by atoms with Gasteiger partial charge in [-0.2, -0.15) is 0 Å². The van der Waals surface area contributed by atoms with Gasteiger partial charge < -0.3 is 20.7 Å². The molecule has 0 unspecified atom stereocenters. The van der Waals surface area contributed by atoms with Crippen LogP contribution in [0.4, 0.5) is 4.39 Å². The number of carboxylic acids is 2. The molecule has 4 N–H and O–H groups in total. The Morgan fingerprint density at radius 3 is 2.71 bits per heavy atom. The van der Waals surface area contributed by atoms with E-state index in [4.69, 9.17) is 15.6 Å². The number of hydrogen-bond donors (Lipinski definition) is 3. The van der Waals surface area contributed by atoms with Gasteiger partial charge in [0.05, 0.1) is 12.7 Å². The van der Waals surface area contributed by atoms with Crippen LogP contribution < -0.4 is 5.73 Å². The first-order valence-corrected chi connectivity index (χ1v) is 7.29. The zero-order valence-electron chi connectivity index (χ0n) is 10.9.